The highest BCUT2D eigenvalue weighted by Crippen LogP contribution is 2.24. The van der Waals surface area contributed by atoms with Gasteiger partial charge in [0, 0.05) is 12.2 Å². The molecule has 0 aliphatic rings. The molecule has 1 amide bonds. The molecule has 3 aromatic rings. The van der Waals surface area contributed by atoms with Crippen molar-refractivity contribution in [2.75, 3.05) is 18.2 Å². The van der Waals surface area contributed by atoms with Gasteiger partial charge in [0.15, 0.2) is 11.0 Å². The van der Waals surface area contributed by atoms with Crippen molar-refractivity contribution >= 4 is 29.3 Å². The number of carbonyl (C=O) groups is 2. The van der Waals surface area contributed by atoms with Gasteiger partial charge in [-0.2, -0.15) is 0 Å². The lowest BCUT2D eigenvalue weighted by Crippen LogP contribution is -2.15. The van der Waals surface area contributed by atoms with Crippen LogP contribution in [0.25, 0.3) is 0 Å². The number of anilines is 1. The summed E-state index contributed by atoms with van der Waals surface area (Å²) in [6.07, 6.45) is 0. The summed E-state index contributed by atoms with van der Waals surface area (Å²) in [5, 5.41) is 11.9. The van der Waals surface area contributed by atoms with Gasteiger partial charge in [0.2, 0.25) is 5.91 Å². The first-order valence-corrected chi connectivity index (χ1v) is 11.1. The molecule has 0 unspecified atom stereocenters. The number of aromatic nitrogens is 3. The Balaban J connectivity index is 1.60. The minimum Gasteiger partial charge on any atom is -0.485 e. The molecule has 0 aliphatic carbocycles. The lowest BCUT2D eigenvalue weighted by molar-refractivity contribution is -0.113. The maximum absolute atomic E-state index is 12.4. The van der Waals surface area contributed by atoms with Gasteiger partial charge in [-0.05, 0) is 50.1 Å². The highest BCUT2D eigenvalue weighted by Gasteiger charge is 2.15. The fourth-order valence-electron chi connectivity index (χ4n) is 3.18. The van der Waals surface area contributed by atoms with Crippen LogP contribution in [0, 0.1) is 13.8 Å². The molecule has 0 radical (unpaired) electrons. The van der Waals surface area contributed by atoms with Crippen molar-refractivity contribution in [3.05, 3.63) is 65.0 Å². The summed E-state index contributed by atoms with van der Waals surface area (Å²) in [6, 6.07) is 12.6. The third-order valence-corrected chi connectivity index (χ3v) is 5.73. The van der Waals surface area contributed by atoms with Gasteiger partial charge in [-0.3, -0.25) is 4.79 Å². The predicted octanol–water partition coefficient (Wildman–Crippen LogP) is 4.01. The summed E-state index contributed by atoms with van der Waals surface area (Å²) in [7, 11) is 1.32. The molecule has 1 heterocycles. The van der Waals surface area contributed by atoms with Crippen LogP contribution in [-0.4, -0.2) is 39.5 Å². The van der Waals surface area contributed by atoms with Crippen LogP contribution in [-0.2, 0) is 22.7 Å². The SMILES string of the molecule is CCn1c(COc2c(C)cccc2C)nnc1SCC(=O)Nc1cccc(C(=O)OC)c1. The molecule has 8 nitrogen and oxygen atoms in total. The van der Waals surface area contributed by atoms with Crippen LogP contribution in [0.2, 0.25) is 0 Å². The van der Waals surface area contributed by atoms with Crippen molar-refractivity contribution in [2.45, 2.75) is 39.1 Å². The summed E-state index contributed by atoms with van der Waals surface area (Å²) in [6.45, 7) is 6.96. The number of ether oxygens (including phenoxy) is 2. The molecule has 0 fully saturated rings. The van der Waals surface area contributed by atoms with E-state index in [1.54, 1.807) is 24.3 Å². The topological polar surface area (TPSA) is 95.3 Å². The number of nitrogens with zero attached hydrogens (tertiary/aromatic N) is 3. The van der Waals surface area contributed by atoms with Gasteiger partial charge < -0.3 is 19.4 Å². The highest BCUT2D eigenvalue weighted by atomic mass is 32.2. The zero-order valence-corrected chi connectivity index (χ0v) is 19.4. The lowest BCUT2D eigenvalue weighted by atomic mass is 10.1. The molecule has 2 aromatic carbocycles. The molecule has 1 N–H and O–H groups in total. The van der Waals surface area contributed by atoms with Crippen LogP contribution in [0.15, 0.2) is 47.6 Å². The first-order valence-electron chi connectivity index (χ1n) is 10.1. The van der Waals surface area contributed by atoms with Crippen molar-refractivity contribution in [1.29, 1.82) is 0 Å². The standard InChI is InChI=1S/C23H26N4O4S/c1-5-27-19(13-31-21-15(2)8-6-9-16(21)3)25-26-23(27)32-14-20(28)24-18-11-7-10-17(12-18)22(29)30-4/h6-12H,5,13-14H2,1-4H3,(H,24,28). The fourth-order valence-corrected chi connectivity index (χ4v) is 4.00. The third-order valence-electron chi connectivity index (χ3n) is 4.76. The average molecular weight is 455 g/mol. The summed E-state index contributed by atoms with van der Waals surface area (Å²) >= 11 is 1.29. The summed E-state index contributed by atoms with van der Waals surface area (Å²) < 4.78 is 12.6. The van der Waals surface area contributed by atoms with Gasteiger partial charge in [0.25, 0.3) is 0 Å². The van der Waals surface area contributed by atoms with Crippen LogP contribution in [0.3, 0.4) is 0 Å². The number of carbonyl (C=O) groups excluding carboxylic acids is 2. The second-order valence-corrected chi connectivity index (χ2v) is 8.00. The van der Waals surface area contributed by atoms with Crippen LogP contribution < -0.4 is 10.1 Å². The van der Waals surface area contributed by atoms with E-state index >= 15 is 0 Å². The largest absolute Gasteiger partial charge is 0.485 e. The minimum atomic E-state index is -0.456. The van der Waals surface area contributed by atoms with E-state index in [9.17, 15) is 9.59 Å². The smallest absolute Gasteiger partial charge is 0.337 e. The Morgan fingerprint density at radius 1 is 1.09 bits per heavy atom. The van der Waals surface area contributed by atoms with Gasteiger partial charge >= 0.3 is 5.97 Å². The van der Waals surface area contributed by atoms with E-state index in [-0.39, 0.29) is 11.7 Å². The van der Waals surface area contributed by atoms with Crippen molar-refractivity contribution < 1.29 is 19.1 Å². The van der Waals surface area contributed by atoms with Crippen LogP contribution in [0.1, 0.15) is 34.2 Å². The van der Waals surface area contributed by atoms with E-state index in [0.29, 0.717) is 35.4 Å². The molecule has 3 rings (SSSR count). The lowest BCUT2D eigenvalue weighted by Gasteiger charge is -2.12. The number of amides is 1. The zero-order valence-electron chi connectivity index (χ0n) is 18.5. The quantitative estimate of drug-likeness (QED) is 0.385. The zero-order chi connectivity index (χ0) is 23.1. The van der Waals surface area contributed by atoms with E-state index in [0.717, 1.165) is 16.9 Å². The Morgan fingerprint density at radius 2 is 1.81 bits per heavy atom. The molecule has 0 saturated carbocycles. The first-order chi connectivity index (χ1) is 15.4. The number of methoxy groups -OCH3 is 1. The second-order valence-electron chi connectivity index (χ2n) is 7.06. The Kier molecular flexibility index (Phi) is 7.88. The molecule has 0 saturated heterocycles. The molecule has 32 heavy (non-hydrogen) atoms. The Labute approximate surface area is 191 Å². The Hall–Kier alpha value is -3.33. The third kappa shape index (κ3) is 5.67. The summed E-state index contributed by atoms with van der Waals surface area (Å²) in [5.41, 5.74) is 3.03. The number of hydrogen-bond donors (Lipinski definition) is 1. The van der Waals surface area contributed by atoms with Crippen LogP contribution >= 0.6 is 11.8 Å². The summed E-state index contributed by atoms with van der Waals surface area (Å²) in [5.74, 6) is 1.03. The number of rotatable bonds is 9. The molecule has 9 heteroatoms. The van der Waals surface area contributed by atoms with Gasteiger partial charge in [0.05, 0.1) is 18.4 Å². The van der Waals surface area contributed by atoms with Gasteiger partial charge in [-0.25, -0.2) is 4.79 Å². The maximum Gasteiger partial charge on any atom is 0.337 e. The number of aryl methyl sites for hydroxylation is 2. The molecule has 1 aromatic heterocycles. The number of thioether (sulfide) groups is 1. The Morgan fingerprint density at radius 3 is 2.50 bits per heavy atom. The normalized spacial score (nSPS) is 10.6. The molecular weight excluding hydrogens is 428 g/mol. The van der Waals surface area contributed by atoms with Gasteiger partial charge in [0.1, 0.15) is 12.4 Å². The van der Waals surface area contributed by atoms with E-state index in [1.165, 1.54) is 18.9 Å². The fraction of sp³-hybridized carbons (Fsp3) is 0.304. The number of hydrogen-bond acceptors (Lipinski definition) is 7. The maximum atomic E-state index is 12.4. The summed E-state index contributed by atoms with van der Waals surface area (Å²) in [4.78, 5) is 24.0. The van der Waals surface area contributed by atoms with Crippen LogP contribution in [0.5, 0.6) is 5.75 Å². The Bertz CT molecular complexity index is 1090. The number of nitrogens with one attached hydrogen (secondary N) is 1. The molecule has 0 spiro atoms. The monoisotopic (exact) mass is 454 g/mol. The molecule has 0 aliphatic heterocycles. The number of esters is 1. The van der Waals surface area contributed by atoms with E-state index in [4.69, 9.17) is 9.47 Å². The minimum absolute atomic E-state index is 0.151. The van der Waals surface area contributed by atoms with Crippen LogP contribution in [0.4, 0.5) is 5.69 Å². The number of para-hydroxylation sites is 1. The van der Waals surface area contributed by atoms with Crippen molar-refractivity contribution in [1.82, 2.24) is 14.8 Å². The van der Waals surface area contributed by atoms with Crippen molar-refractivity contribution in [3.8, 4) is 5.75 Å². The highest BCUT2D eigenvalue weighted by molar-refractivity contribution is 7.99. The van der Waals surface area contributed by atoms with E-state index in [2.05, 4.69) is 15.5 Å². The van der Waals surface area contributed by atoms with E-state index in [1.807, 2.05) is 43.5 Å². The average Bonchev–Trinajstić information content (AvgIpc) is 3.18. The van der Waals surface area contributed by atoms with Gasteiger partial charge in [-0.15, -0.1) is 10.2 Å². The number of benzene rings is 2. The van der Waals surface area contributed by atoms with Gasteiger partial charge in [-0.1, -0.05) is 36.0 Å². The van der Waals surface area contributed by atoms with Crippen molar-refractivity contribution in [2.24, 2.45) is 0 Å². The molecule has 0 atom stereocenters. The second kappa shape index (κ2) is 10.8. The molecule has 0 bridgehead atoms. The molecule has 168 valence electrons. The van der Waals surface area contributed by atoms with Crippen molar-refractivity contribution in [3.63, 3.8) is 0 Å². The molecular formula is C23H26N4O4S. The first kappa shape index (κ1) is 23.3. The predicted molar refractivity (Wildman–Crippen MR) is 123 cm³/mol. The van der Waals surface area contributed by atoms with E-state index < -0.39 is 5.97 Å².